The highest BCUT2D eigenvalue weighted by Crippen LogP contribution is 2.28. The fourth-order valence-corrected chi connectivity index (χ4v) is 2.73. The van der Waals surface area contributed by atoms with Crippen LogP contribution in [0, 0.1) is 5.92 Å². The fraction of sp³-hybridized carbons (Fsp3) is 0.667. The number of aromatic nitrogens is 1. The monoisotopic (exact) mass is 247 g/mol. The topological polar surface area (TPSA) is 28.2 Å². The molecule has 0 aliphatic carbocycles. The van der Waals surface area contributed by atoms with Crippen LogP contribution < -0.4 is 10.2 Å². The van der Waals surface area contributed by atoms with E-state index in [1.165, 1.54) is 18.4 Å². The van der Waals surface area contributed by atoms with Crippen LogP contribution in [0.25, 0.3) is 0 Å². The Balaban J connectivity index is 2.04. The lowest BCUT2D eigenvalue weighted by Gasteiger charge is -2.28. The number of rotatable bonds is 5. The Morgan fingerprint density at radius 3 is 2.89 bits per heavy atom. The minimum absolute atomic E-state index is 0.664. The van der Waals surface area contributed by atoms with E-state index in [4.69, 9.17) is 0 Å². The molecule has 1 fully saturated rings. The van der Waals surface area contributed by atoms with E-state index in [1.807, 2.05) is 6.20 Å². The van der Waals surface area contributed by atoms with Gasteiger partial charge < -0.3 is 10.2 Å². The van der Waals surface area contributed by atoms with Crippen LogP contribution in [-0.4, -0.2) is 24.1 Å². The van der Waals surface area contributed by atoms with E-state index in [9.17, 15) is 0 Å². The van der Waals surface area contributed by atoms with Crippen LogP contribution in [0.1, 0.15) is 39.2 Å². The molecule has 1 unspecified atom stereocenters. The second-order valence-electron chi connectivity index (χ2n) is 5.45. The number of hydrogen-bond acceptors (Lipinski definition) is 3. The van der Waals surface area contributed by atoms with Crippen LogP contribution >= 0.6 is 0 Å². The molecule has 1 atom stereocenters. The van der Waals surface area contributed by atoms with Crippen LogP contribution in [0.5, 0.6) is 0 Å². The molecule has 1 aliphatic rings. The summed E-state index contributed by atoms with van der Waals surface area (Å²) in [5.74, 6) is 1.85. The molecule has 0 bridgehead atoms. The Hall–Kier alpha value is -1.09. The zero-order chi connectivity index (χ0) is 13.0. The normalized spacial score (nSPS) is 19.8. The van der Waals surface area contributed by atoms with Gasteiger partial charge in [-0.1, -0.05) is 26.8 Å². The maximum atomic E-state index is 4.63. The molecular weight excluding hydrogens is 222 g/mol. The van der Waals surface area contributed by atoms with E-state index in [0.717, 1.165) is 25.5 Å². The summed E-state index contributed by atoms with van der Waals surface area (Å²) >= 11 is 0. The van der Waals surface area contributed by atoms with Crippen LogP contribution in [-0.2, 0) is 6.54 Å². The summed E-state index contributed by atoms with van der Waals surface area (Å²) < 4.78 is 0. The number of nitrogens with one attached hydrogen (secondary N) is 1. The van der Waals surface area contributed by atoms with Crippen LogP contribution in [0.3, 0.4) is 0 Å². The highest BCUT2D eigenvalue weighted by molar-refractivity contribution is 5.42. The molecule has 1 aromatic heterocycles. The van der Waals surface area contributed by atoms with E-state index >= 15 is 0 Å². The quantitative estimate of drug-likeness (QED) is 0.867. The van der Waals surface area contributed by atoms with Crippen molar-refractivity contribution in [3.05, 3.63) is 23.9 Å². The zero-order valence-electron chi connectivity index (χ0n) is 11.8. The van der Waals surface area contributed by atoms with Gasteiger partial charge in [0.15, 0.2) is 0 Å². The molecular formula is C15H25N3. The summed E-state index contributed by atoms with van der Waals surface area (Å²) in [6, 6.07) is 5.03. The van der Waals surface area contributed by atoms with Crippen molar-refractivity contribution in [3.63, 3.8) is 0 Å². The van der Waals surface area contributed by atoms with Gasteiger partial charge in [-0.2, -0.15) is 0 Å². The van der Waals surface area contributed by atoms with Gasteiger partial charge in [-0.15, -0.1) is 0 Å². The van der Waals surface area contributed by atoms with E-state index in [1.54, 1.807) is 0 Å². The molecule has 0 radical (unpaired) electrons. The van der Waals surface area contributed by atoms with E-state index in [2.05, 4.69) is 48.1 Å². The molecule has 18 heavy (non-hydrogen) atoms. The molecule has 3 nitrogen and oxygen atoms in total. The number of anilines is 1. The number of pyridine rings is 1. The van der Waals surface area contributed by atoms with E-state index < -0.39 is 0 Å². The maximum Gasteiger partial charge on any atom is 0.128 e. The fourth-order valence-electron chi connectivity index (χ4n) is 2.73. The Kier molecular flexibility index (Phi) is 4.59. The summed E-state index contributed by atoms with van der Waals surface area (Å²) in [5, 5.41) is 3.33. The summed E-state index contributed by atoms with van der Waals surface area (Å²) in [6.07, 6.45) is 4.61. The predicted octanol–water partition coefficient (Wildman–Crippen LogP) is 2.82. The minimum Gasteiger partial charge on any atom is -0.353 e. The molecule has 2 heterocycles. The molecule has 100 valence electrons. The van der Waals surface area contributed by atoms with Crippen molar-refractivity contribution in [2.75, 3.05) is 18.0 Å². The molecule has 0 aromatic carbocycles. The van der Waals surface area contributed by atoms with Gasteiger partial charge in [0.2, 0.25) is 0 Å². The average Bonchev–Trinajstić information content (AvgIpc) is 2.86. The molecule has 1 aromatic rings. The first kappa shape index (κ1) is 13.3. The summed E-state index contributed by atoms with van der Waals surface area (Å²) in [4.78, 5) is 7.11. The smallest absolute Gasteiger partial charge is 0.128 e. The maximum absolute atomic E-state index is 4.63. The highest BCUT2D eigenvalue weighted by Gasteiger charge is 2.27. The lowest BCUT2D eigenvalue weighted by molar-refractivity contribution is 0.489. The van der Waals surface area contributed by atoms with Crippen molar-refractivity contribution >= 4 is 5.82 Å². The third kappa shape index (κ3) is 3.02. The standard InChI is InChI=1S/C15H25N3/c1-4-16-10-13-7-8-15(17-11-13)18-9-5-6-14(18)12(2)3/h7-8,11-12,14,16H,4-6,9-10H2,1-3H3. The van der Waals surface area contributed by atoms with Gasteiger partial charge in [0, 0.05) is 25.3 Å². The van der Waals surface area contributed by atoms with Crippen molar-refractivity contribution in [1.29, 1.82) is 0 Å². The molecule has 1 N–H and O–H groups in total. The van der Waals surface area contributed by atoms with Gasteiger partial charge in [-0.3, -0.25) is 0 Å². The Labute approximate surface area is 111 Å². The molecule has 0 amide bonds. The second kappa shape index (κ2) is 6.19. The highest BCUT2D eigenvalue weighted by atomic mass is 15.2. The first-order valence-electron chi connectivity index (χ1n) is 7.14. The number of hydrogen-bond donors (Lipinski definition) is 1. The van der Waals surface area contributed by atoms with E-state index in [-0.39, 0.29) is 0 Å². The Bertz CT molecular complexity index is 359. The lowest BCUT2D eigenvalue weighted by atomic mass is 10.0. The molecule has 0 saturated carbocycles. The van der Waals surface area contributed by atoms with Crippen molar-refractivity contribution in [1.82, 2.24) is 10.3 Å². The van der Waals surface area contributed by atoms with Crippen molar-refractivity contribution in [3.8, 4) is 0 Å². The van der Waals surface area contributed by atoms with Crippen molar-refractivity contribution < 1.29 is 0 Å². The Morgan fingerprint density at radius 2 is 2.28 bits per heavy atom. The van der Waals surface area contributed by atoms with Gasteiger partial charge in [0.05, 0.1) is 0 Å². The molecule has 0 spiro atoms. The van der Waals surface area contributed by atoms with Gasteiger partial charge in [-0.25, -0.2) is 4.98 Å². The SMILES string of the molecule is CCNCc1ccc(N2CCCC2C(C)C)nc1. The van der Waals surface area contributed by atoms with Crippen LogP contribution in [0.2, 0.25) is 0 Å². The molecule has 1 aliphatic heterocycles. The van der Waals surface area contributed by atoms with Crippen molar-refractivity contribution in [2.24, 2.45) is 5.92 Å². The largest absolute Gasteiger partial charge is 0.353 e. The van der Waals surface area contributed by atoms with Crippen LogP contribution in [0.15, 0.2) is 18.3 Å². The third-order valence-corrected chi connectivity index (χ3v) is 3.75. The molecule has 1 saturated heterocycles. The Morgan fingerprint density at radius 1 is 1.44 bits per heavy atom. The van der Waals surface area contributed by atoms with Gasteiger partial charge in [0.25, 0.3) is 0 Å². The molecule has 2 rings (SSSR count). The van der Waals surface area contributed by atoms with Crippen LogP contribution in [0.4, 0.5) is 5.82 Å². The summed E-state index contributed by atoms with van der Waals surface area (Å²) in [6.45, 7) is 9.81. The predicted molar refractivity (Wildman–Crippen MR) is 76.8 cm³/mol. The number of nitrogens with zero attached hydrogens (tertiary/aromatic N) is 2. The van der Waals surface area contributed by atoms with Gasteiger partial charge in [-0.05, 0) is 36.9 Å². The van der Waals surface area contributed by atoms with Crippen molar-refractivity contribution in [2.45, 2.75) is 46.2 Å². The summed E-state index contributed by atoms with van der Waals surface area (Å²) in [7, 11) is 0. The van der Waals surface area contributed by atoms with Gasteiger partial charge in [0.1, 0.15) is 5.82 Å². The first-order chi connectivity index (χ1) is 8.72. The molecule has 3 heteroatoms. The average molecular weight is 247 g/mol. The first-order valence-corrected chi connectivity index (χ1v) is 7.14. The zero-order valence-corrected chi connectivity index (χ0v) is 11.8. The van der Waals surface area contributed by atoms with E-state index in [0.29, 0.717) is 12.0 Å². The van der Waals surface area contributed by atoms with Gasteiger partial charge >= 0.3 is 0 Å². The second-order valence-corrected chi connectivity index (χ2v) is 5.45. The minimum atomic E-state index is 0.664. The summed E-state index contributed by atoms with van der Waals surface area (Å²) in [5.41, 5.74) is 1.26. The lowest BCUT2D eigenvalue weighted by Crippen LogP contribution is -2.33. The third-order valence-electron chi connectivity index (χ3n) is 3.75.